The lowest BCUT2D eigenvalue weighted by Crippen LogP contribution is -2.42. The van der Waals surface area contributed by atoms with Crippen LogP contribution in [0, 0.1) is 0 Å². The quantitative estimate of drug-likeness (QED) is 0.846. The van der Waals surface area contributed by atoms with Gasteiger partial charge in [-0.3, -0.25) is 0 Å². The van der Waals surface area contributed by atoms with Crippen LogP contribution >= 0.6 is 11.3 Å². The van der Waals surface area contributed by atoms with Crippen molar-refractivity contribution in [1.82, 2.24) is 5.32 Å². The van der Waals surface area contributed by atoms with Gasteiger partial charge >= 0.3 is 6.18 Å². The van der Waals surface area contributed by atoms with Gasteiger partial charge in [-0.05, 0) is 46.9 Å². The maximum atomic E-state index is 13.1. The molecule has 1 aliphatic rings. The zero-order valence-corrected chi connectivity index (χ0v) is 14.1. The largest absolute Gasteiger partial charge is 0.416 e. The number of rotatable bonds is 5. The van der Waals surface area contributed by atoms with E-state index >= 15 is 0 Å². The number of alkyl halides is 3. The first kappa shape index (κ1) is 17.5. The molecule has 1 N–H and O–H groups in total. The van der Waals surface area contributed by atoms with Crippen LogP contribution in [0.4, 0.5) is 13.2 Å². The van der Waals surface area contributed by atoms with Gasteiger partial charge in [-0.2, -0.15) is 24.5 Å². The minimum atomic E-state index is -4.31. The number of benzene rings is 1. The van der Waals surface area contributed by atoms with E-state index in [9.17, 15) is 13.2 Å². The van der Waals surface area contributed by atoms with Crippen LogP contribution in [-0.4, -0.2) is 19.8 Å². The van der Waals surface area contributed by atoms with E-state index in [-0.39, 0.29) is 5.41 Å². The van der Waals surface area contributed by atoms with Crippen LogP contribution in [0.25, 0.3) is 0 Å². The molecule has 1 fully saturated rings. The maximum Gasteiger partial charge on any atom is 0.416 e. The molecule has 24 heavy (non-hydrogen) atoms. The summed E-state index contributed by atoms with van der Waals surface area (Å²) in [6, 6.07) is 7.81. The topological polar surface area (TPSA) is 21.3 Å². The van der Waals surface area contributed by atoms with Crippen molar-refractivity contribution in [3.05, 3.63) is 57.8 Å². The maximum absolute atomic E-state index is 13.1. The first-order valence-corrected chi connectivity index (χ1v) is 8.91. The second kappa shape index (κ2) is 7.25. The Balaban J connectivity index is 1.80. The van der Waals surface area contributed by atoms with Gasteiger partial charge < -0.3 is 10.1 Å². The number of thiophene rings is 1. The molecular formula is C18H20F3NOS. The van der Waals surface area contributed by atoms with Gasteiger partial charge in [-0.15, -0.1) is 0 Å². The summed E-state index contributed by atoms with van der Waals surface area (Å²) in [7, 11) is 0. The average Bonchev–Trinajstić information content (AvgIpc) is 3.08. The normalized spacial score (nSPS) is 17.8. The van der Waals surface area contributed by atoms with E-state index in [0.717, 1.165) is 31.0 Å². The molecule has 0 spiro atoms. The van der Waals surface area contributed by atoms with Crippen LogP contribution in [0.3, 0.4) is 0 Å². The van der Waals surface area contributed by atoms with Crippen LogP contribution in [0.5, 0.6) is 0 Å². The molecule has 2 aromatic rings. The van der Waals surface area contributed by atoms with Crippen molar-refractivity contribution in [2.45, 2.75) is 31.0 Å². The number of ether oxygens (including phenoxy) is 1. The summed E-state index contributed by atoms with van der Waals surface area (Å²) in [4.78, 5) is 0. The molecule has 1 saturated heterocycles. The standard InChI is InChI=1S/C18H20F3NOS/c19-18(20,21)16-3-1-2-15(10-16)17(5-7-23-8-6-17)13-22-11-14-4-9-24-12-14/h1-4,9-10,12,22H,5-8,11,13H2. The van der Waals surface area contributed by atoms with Crippen molar-refractivity contribution in [3.63, 3.8) is 0 Å². The van der Waals surface area contributed by atoms with Crippen molar-refractivity contribution in [2.24, 2.45) is 0 Å². The Hall–Kier alpha value is -1.37. The Morgan fingerprint density at radius 3 is 2.62 bits per heavy atom. The van der Waals surface area contributed by atoms with Gasteiger partial charge in [0.2, 0.25) is 0 Å². The minimum Gasteiger partial charge on any atom is -0.381 e. The van der Waals surface area contributed by atoms with Gasteiger partial charge in [0.05, 0.1) is 5.56 Å². The summed E-state index contributed by atoms with van der Waals surface area (Å²) in [5.74, 6) is 0. The van der Waals surface area contributed by atoms with E-state index in [0.29, 0.717) is 19.8 Å². The zero-order valence-electron chi connectivity index (χ0n) is 13.2. The van der Waals surface area contributed by atoms with Crippen molar-refractivity contribution < 1.29 is 17.9 Å². The van der Waals surface area contributed by atoms with E-state index in [4.69, 9.17) is 4.74 Å². The van der Waals surface area contributed by atoms with Crippen LogP contribution in [0.15, 0.2) is 41.1 Å². The number of hydrogen-bond acceptors (Lipinski definition) is 3. The molecular weight excluding hydrogens is 335 g/mol. The smallest absolute Gasteiger partial charge is 0.381 e. The van der Waals surface area contributed by atoms with Gasteiger partial charge in [0.15, 0.2) is 0 Å². The third-order valence-corrected chi connectivity index (χ3v) is 5.36. The highest BCUT2D eigenvalue weighted by Gasteiger charge is 2.37. The fourth-order valence-corrected chi connectivity index (χ4v) is 3.86. The van der Waals surface area contributed by atoms with Crippen LogP contribution in [0.1, 0.15) is 29.5 Å². The van der Waals surface area contributed by atoms with Crippen LogP contribution < -0.4 is 5.32 Å². The lowest BCUT2D eigenvalue weighted by atomic mass is 9.73. The summed E-state index contributed by atoms with van der Waals surface area (Å²) in [5, 5.41) is 7.52. The highest BCUT2D eigenvalue weighted by atomic mass is 32.1. The second-order valence-electron chi connectivity index (χ2n) is 6.21. The summed E-state index contributed by atoms with van der Waals surface area (Å²) in [6.07, 6.45) is -2.86. The van der Waals surface area contributed by atoms with Crippen molar-refractivity contribution >= 4 is 11.3 Å². The Bertz CT molecular complexity index is 649. The molecule has 130 valence electrons. The molecule has 0 unspecified atom stereocenters. The molecule has 0 amide bonds. The second-order valence-corrected chi connectivity index (χ2v) is 6.99. The Morgan fingerprint density at radius 2 is 1.96 bits per heavy atom. The van der Waals surface area contributed by atoms with E-state index in [1.54, 1.807) is 11.3 Å². The highest BCUT2D eigenvalue weighted by molar-refractivity contribution is 7.07. The molecule has 6 heteroatoms. The lowest BCUT2D eigenvalue weighted by Gasteiger charge is -2.38. The fourth-order valence-electron chi connectivity index (χ4n) is 3.19. The van der Waals surface area contributed by atoms with Gasteiger partial charge in [0, 0.05) is 31.7 Å². The highest BCUT2D eigenvalue weighted by Crippen LogP contribution is 2.37. The summed E-state index contributed by atoms with van der Waals surface area (Å²) in [6.45, 7) is 2.53. The lowest BCUT2D eigenvalue weighted by molar-refractivity contribution is -0.137. The fraction of sp³-hybridized carbons (Fsp3) is 0.444. The number of halogens is 3. The Kier molecular flexibility index (Phi) is 5.27. The first-order chi connectivity index (χ1) is 11.5. The third-order valence-electron chi connectivity index (χ3n) is 4.62. The van der Waals surface area contributed by atoms with Gasteiger partial charge in [0.1, 0.15) is 0 Å². The van der Waals surface area contributed by atoms with Crippen LogP contribution in [0.2, 0.25) is 0 Å². The molecule has 1 aromatic carbocycles. The van der Waals surface area contributed by atoms with Crippen molar-refractivity contribution in [1.29, 1.82) is 0 Å². The van der Waals surface area contributed by atoms with Crippen molar-refractivity contribution in [3.8, 4) is 0 Å². The Morgan fingerprint density at radius 1 is 1.17 bits per heavy atom. The summed E-state index contributed by atoms with van der Waals surface area (Å²) < 4.78 is 44.6. The molecule has 1 aliphatic heterocycles. The zero-order chi connectivity index (χ0) is 17.0. The van der Waals surface area contributed by atoms with Gasteiger partial charge in [-0.25, -0.2) is 0 Å². The monoisotopic (exact) mass is 355 g/mol. The predicted octanol–water partition coefficient (Wildman–Crippen LogP) is 4.60. The molecule has 0 radical (unpaired) electrons. The molecule has 2 nitrogen and oxygen atoms in total. The molecule has 3 rings (SSSR count). The molecule has 0 bridgehead atoms. The number of nitrogens with one attached hydrogen (secondary N) is 1. The molecule has 2 heterocycles. The number of hydrogen-bond donors (Lipinski definition) is 1. The van der Waals surface area contributed by atoms with E-state index in [2.05, 4.69) is 16.8 Å². The SMILES string of the molecule is FC(F)(F)c1cccc(C2(CNCc3ccsc3)CCOCC2)c1. The van der Waals surface area contributed by atoms with E-state index in [1.165, 1.54) is 17.7 Å². The van der Waals surface area contributed by atoms with Crippen LogP contribution in [-0.2, 0) is 22.9 Å². The molecule has 0 atom stereocenters. The third kappa shape index (κ3) is 3.99. The van der Waals surface area contributed by atoms with E-state index in [1.807, 2.05) is 11.4 Å². The summed E-state index contributed by atoms with van der Waals surface area (Å²) in [5.41, 5.74) is 1.06. The van der Waals surface area contributed by atoms with Gasteiger partial charge in [-0.1, -0.05) is 18.2 Å². The van der Waals surface area contributed by atoms with Gasteiger partial charge in [0.25, 0.3) is 0 Å². The molecule has 0 aliphatic carbocycles. The molecule has 0 saturated carbocycles. The first-order valence-electron chi connectivity index (χ1n) is 7.97. The summed E-state index contributed by atoms with van der Waals surface area (Å²) >= 11 is 1.64. The van der Waals surface area contributed by atoms with E-state index < -0.39 is 11.7 Å². The Labute approximate surface area is 143 Å². The minimum absolute atomic E-state index is 0.310. The molecule has 1 aromatic heterocycles. The average molecular weight is 355 g/mol. The predicted molar refractivity (Wildman–Crippen MR) is 89.2 cm³/mol. The van der Waals surface area contributed by atoms with Crippen molar-refractivity contribution in [2.75, 3.05) is 19.8 Å².